The molecule has 0 aliphatic rings. The molecule has 9 heteroatoms. The van der Waals surface area contributed by atoms with Crippen molar-refractivity contribution in [1.29, 1.82) is 5.41 Å². The molecule has 0 radical (unpaired) electrons. The standard InChI is InChI=1S/C22H22N4O5/c1-30-19(27)12-5-15-3-8-17(9-4-15)25-13-14-26(22(25)29)18-10-6-16(7-11-18)20(23)24-21(28)31-2/h3-4,6-11,13-14H,5,12H2,1-2H3,(H2,23,24,28). The predicted molar refractivity (Wildman–Crippen MR) is 114 cm³/mol. The van der Waals surface area contributed by atoms with Gasteiger partial charge >= 0.3 is 17.8 Å². The highest BCUT2D eigenvalue weighted by atomic mass is 16.5. The minimum absolute atomic E-state index is 0.101. The van der Waals surface area contributed by atoms with Crippen molar-refractivity contribution in [3.63, 3.8) is 0 Å². The van der Waals surface area contributed by atoms with E-state index in [0.717, 1.165) is 5.56 Å². The molecule has 160 valence electrons. The second-order valence-electron chi connectivity index (χ2n) is 6.60. The normalized spacial score (nSPS) is 10.4. The SMILES string of the molecule is COC(=O)CCc1ccc(-n2ccn(-c3ccc(C(=N)NC(=O)OC)cc3)c2=O)cc1. The average molecular weight is 422 g/mol. The molecule has 31 heavy (non-hydrogen) atoms. The van der Waals surface area contributed by atoms with E-state index >= 15 is 0 Å². The average Bonchev–Trinajstić information content (AvgIpc) is 3.18. The fourth-order valence-electron chi connectivity index (χ4n) is 2.96. The van der Waals surface area contributed by atoms with Gasteiger partial charge in [-0.15, -0.1) is 0 Å². The molecule has 0 bridgehead atoms. The van der Waals surface area contributed by atoms with Crippen LogP contribution in [0.25, 0.3) is 11.4 Å². The maximum atomic E-state index is 12.9. The lowest BCUT2D eigenvalue weighted by Gasteiger charge is -2.07. The maximum absolute atomic E-state index is 12.9. The molecule has 0 fully saturated rings. The van der Waals surface area contributed by atoms with Gasteiger partial charge in [0, 0.05) is 24.4 Å². The molecule has 0 aliphatic carbocycles. The minimum atomic E-state index is -0.723. The van der Waals surface area contributed by atoms with Crippen LogP contribution in [0.4, 0.5) is 4.79 Å². The van der Waals surface area contributed by atoms with Crippen LogP contribution in [-0.4, -0.2) is 41.3 Å². The molecule has 0 aliphatic heterocycles. The lowest BCUT2D eigenvalue weighted by atomic mass is 10.1. The minimum Gasteiger partial charge on any atom is -0.469 e. The number of imidazole rings is 1. The fourth-order valence-corrected chi connectivity index (χ4v) is 2.96. The Kier molecular flexibility index (Phi) is 6.66. The number of aromatic nitrogens is 2. The number of amides is 1. The van der Waals surface area contributed by atoms with Crippen molar-refractivity contribution >= 4 is 17.9 Å². The van der Waals surface area contributed by atoms with Crippen molar-refractivity contribution in [2.75, 3.05) is 14.2 Å². The third kappa shape index (κ3) is 5.08. The van der Waals surface area contributed by atoms with Crippen LogP contribution in [0.1, 0.15) is 17.5 Å². The summed E-state index contributed by atoms with van der Waals surface area (Å²) < 4.78 is 12.1. The van der Waals surface area contributed by atoms with Gasteiger partial charge in [0.2, 0.25) is 0 Å². The number of amidine groups is 1. The molecule has 0 atom stereocenters. The van der Waals surface area contributed by atoms with E-state index in [1.54, 1.807) is 36.7 Å². The van der Waals surface area contributed by atoms with Gasteiger partial charge in [-0.05, 0) is 48.4 Å². The van der Waals surface area contributed by atoms with E-state index in [4.69, 9.17) is 5.41 Å². The largest absolute Gasteiger partial charge is 0.469 e. The zero-order chi connectivity index (χ0) is 22.4. The molecule has 0 saturated carbocycles. The van der Waals surface area contributed by atoms with Gasteiger partial charge in [-0.2, -0.15) is 0 Å². The molecule has 9 nitrogen and oxygen atoms in total. The van der Waals surface area contributed by atoms with E-state index in [1.807, 2.05) is 24.3 Å². The number of nitrogens with one attached hydrogen (secondary N) is 2. The number of hydrogen-bond donors (Lipinski definition) is 2. The highest BCUT2D eigenvalue weighted by molar-refractivity contribution is 6.04. The van der Waals surface area contributed by atoms with Crippen LogP contribution >= 0.6 is 0 Å². The number of esters is 1. The molecular weight excluding hydrogens is 400 g/mol. The Hall–Kier alpha value is -4.14. The van der Waals surface area contributed by atoms with E-state index < -0.39 is 6.09 Å². The summed E-state index contributed by atoms with van der Waals surface area (Å²) in [6, 6.07) is 14.0. The van der Waals surface area contributed by atoms with Crippen molar-refractivity contribution in [3.05, 3.63) is 82.5 Å². The Morgan fingerprint density at radius 3 is 1.97 bits per heavy atom. The summed E-state index contributed by atoms with van der Waals surface area (Å²) in [5, 5.41) is 10.2. The molecular formula is C22H22N4O5. The van der Waals surface area contributed by atoms with Gasteiger partial charge in [0.15, 0.2) is 0 Å². The topological polar surface area (TPSA) is 115 Å². The number of hydrogen-bond acceptors (Lipinski definition) is 6. The number of carbonyl (C=O) groups is 2. The van der Waals surface area contributed by atoms with Crippen LogP contribution in [0.5, 0.6) is 0 Å². The number of alkyl carbamates (subject to hydrolysis) is 1. The zero-order valence-electron chi connectivity index (χ0n) is 17.1. The van der Waals surface area contributed by atoms with Crippen molar-refractivity contribution in [1.82, 2.24) is 14.5 Å². The summed E-state index contributed by atoms with van der Waals surface area (Å²) in [6.07, 6.45) is 3.46. The molecule has 0 unspecified atom stereocenters. The molecule has 0 saturated heterocycles. The van der Waals surface area contributed by atoms with Gasteiger partial charge in [-0.1, -0.05) is 12.1 Å². The first-order valence-corrected chi connectivity index (χ1v) is 9.43. The van der Waals surface area contributed by atoms with E-state index in [2.05, 4.69) is 14.8 Å². The van der Waals surface area contributed by atoms with Gasteiger partial charge in [0.1, 0.15) is 5.84 Å². The number of benzene rings is 2. The maximum Gasteiger partial charge on any atom is 0.412 e. The Morgan fingerprint density at radius 1 is 0.903 bits per heavy atom. The summed E-state index contributed by atoms with van der Waals surface area (Å²) in [5.74, 6) is -0.366. The first kappa shape index (κ1) is 21.6. The van der Waals surface area contributed by atoms with Crippen LogP contribution < -0.4 is 11.0 Å². The summed E-state index contributed by atoms with van der Waals surface area (Å²) in [5.41, 5.74) is 2.52. The Labute approximate surface area is 178 Å². The number of carbonyl (C=O) groups excluding carboxylic acids is 2. The van der Waals surface area contributed by atoms with Crippen molar-refractivity contribution in [2.45, 2.75) is 12.8 Å². The molecule has 0 spiro atoms. The zero-order valence-corrected chi connectivity index (χ0v) is 17.1. The predicted octanol–water partition coefficient (Wildman–Crippen LogP) is 2.42. The van der Waals surface area contributed by atoms with E-state index in [0.29, 0.717) is 29.8 Å². The van der Waals surface area contributed by atoms with Gasteiger partial charge in [0.05, 0.1) is 25.6 Å². The van der Waals surface area contributed by atoms with Gasteiger partial charge in [-0.3, -0.25) is 24.7 Å². The van der Waals surface area contributed by atoms with Gasteiger partial charge in [0.25, 0.3) is 0 Å². The van der Waals surface area contributed by atoms with E-state index in [1.165, 1.54) is 23.4 Å². The quantitative estimate of drug-likeness (QED) is 0.360. The van der Waals surface area contributed by atoms with Crippen molar-refractivity contribution < 1.29 is 19.1 Å². The molecule has 1 heterocycles. The number of nitrogens with zero attached hydrogens (tertiary/aromatic N) is 2. The Morgan fingerprint density at radius 2 is 1.45 bits per heavy atom. The molecule has 1 amide bonds. The first-order chi connectivity index (χ1) is 14.9. The summed E-state index contributed by atoms with van der Waals surface area (Å²) in [6.45, 7) is 0. The number of rotatable bonds is 6. The highest BCUT2D eigenvalue weighted by Gasteiger charge is 2.10. The molecule has 2 N–H and O–H groups in total. The molecule has 2 aromatic carbocycles. The summed E-state index contributed by atoms with van der Waals surface area (Å²) in [7, 11) is 2.58. The lowest BCUT2D eigenvalue weighted by molar-refractivity contribution is -0.140. The fraction of sp³-hybridized carbons (Fsp3) is 0.182. The van der Waals surface area contributed by atoms with Gasteiger partial charge in [-0.25, -0.2) is 9.59 Å². The smallest absolute Gasteiger partial charge is 0.412 e. The second-order valence-corrected chi connectivity index (χ2v) is 6.60. The monoisotopic (exact) mass is 422 g/mol. The Balaban J connectivity index is 1.75. The number of aryl methyl sites for hydroxylation is 1. The van der Waals surface area contributed by atoms with Crippen LogP contribution in [0.15, 0.2) is 65.7 Å². The first-order valence-electron chi connectivity index (χ1n) is 9.43. The molecule has 3 aromatic rings. The van der Waals surface area contributed by atoms with E-state index in [9.17, 15) is 14.4 Å². The number of methoxy groups -OCH3 is 2. The third-order valence-corrected chi connectivity index (χ3v) is 4.68. The lowest BCUT2D eigenvalue weighted by Crippen LogP contribution is -2.30. The van der Waals surface area contributed by atoms with Crippen LogP contribution in [0.3, 0.4) is 0 Å². The molecule has 1 aromatic heterocycles. The molecule has 3 rings (SSSR count). The summed E-state index contributed by atoms with van der Waals surface area (Å²) >= 11 is 0. The summed E-state index contributed by atoms with van der Waals surface area (Å²) in [4.78, 5) is 35.4. The van der Waals surface area contributed by atoms with E-state index in [-0.39, 0.29) is 17.5 Å². The van der Waals surface area contributed by atoms with Gasteiger partial charge < -0.3 is 9.47 Å². The third-order valence-electron chi connectivity index (χ3n) is 4.68. The highest BCUT2D eigenvalue weighted by Crippen LogP contribution is 2.12. The van der Waals surface area contributed by atoms with Crippen molar-refractivity contribution in [3.8, 4) is 11.4 Å². The van der Waals surface area contributed by atoms with Crippen molar-refractivity contribution in [2.24, 2.45) is 0 Å². The Bertz CT molecular complexity index is 1140. The van der Waals surface area contributed by atoms with Crippen LogP contribution in [0, 0.1) is 5.41 Å². The van der Waals surface area contributed by atoms with Crippen LogP contribution in [0.2, 0.25) is 0 Å². The second kappa shape index (κ2) is 9.57. The van der Waals surface area contributed by atoms with Crippen LogP contribution in [-0.2, 0) is 20.7 Å². The number of ether oxygens (including phenoxy) is 2.